The molecule has 19 heavy (non-hydrogen) atoms. The average Bonchev–Trinajstić information content (AvgIpc) is 3.10. The Kier molecular flexibility index (Phi) is 3.19. The fraction of sp³-hybridized carbons (Fsp3) is 0.533. The van der Waals surface area contributed by atoms with Gasteiger partial charge in [0, 0.05) is 30.9 Å². The number of anilines is 1. The van der Waals surface area contributed by atoms with Crippen molar-refractivity contribution in [1.82, 2.24) is 4.90 Å². The predicted molar refractivity (Wildman–Crippen MR) is 74.8 cm³/mol. The van der Waals surface area contributed by atoms with Crippen molar-refractivity contribution in [3.05, 3.63) is 29.3 Å². The first-order valence-electron chi connectivity index (χ1n) is 6.98. The first-order chi connectivity index (χ1) is 9.13. The van der Waals surface area contributed by atoms with E-state index in [1.807, 2.05) is 19.1 Å². The second-order valence-corrected chi connectivity index (χ2v) is 5.69. The summed E-state index contributed by atoms with van der Waals surface area (Å²) < 4.78 is 0. The maximum atomic E-state index is 11.0. The molecule has 1 aromatic carbocycles. The van der Waals surface area contributed by atoms with Crippen LogP contribution < -0.4 is 5.32 Å². The van der Waals surface area contributed by atoms with Gasteiger partial charge in [0.05, 0.1) is 5.56 Å². The van der Waals surface area contributed by atoms with Gasteiger partial charge in [0.15, 0.2) is 0 Å². The van der Waals surface area contributed by atoms with Crippen LogP contribution in [-0.2, 0) is 0 Å². The third kappa shape index (κ3) is 2.73. The molecule has 0 amide bonds. The average molecular weight is 260 g/mol. The monoisotopic (exact) mass is 260 g/mol. The van der Waals surface area contributed by atoms with Crippen LogP contribution in [0.15, 0.2) is 18.2 Å². The molecule has 1 unspecified atom stereocenters. The lowest BCUT2D eigenvalue weighted by Gasteiger charge is -2.17. The molecule has 0 radical (unpaired) electrons. The number of carbonyl (C=O) groups is 1. The highest BCUT2D eigenvalue weighted by molar-refractivity contribution is 5.89. The highest BCUT2D eigenvalue weighted by atomic mass is 16.4. The van der Waals surface area contributed by atoms with Crippen LogP contribution in [0.1, 0.15) is 35.2 Å². The summed E-state index contributed by atoms with van der Waals surface area (Å²) in [5, 5.41) is 12.5. The van der Waals surface area contributed by atoms with E-state index >= 15 is 0 Å². The van der Waals surface area contributed by atoms with Crippen molar-refractivity contribution < 1.29 is 9.90 Å². The van der Waals surface area contributed by atoms with Crippen LogP contribution >= 0.6 is 0 Å². The van der Waals surface area contributed by atoms with E-state index in [9.17, 15) is 4.79 Å². The molecule has 1 aromatic rings. The van der Waals surface area contributed by atoms with Gasteiger partial charge in [-0.1, -0.05) is 0 Å². The van der Waals surface area contributed by atoms with Gasteiger partial charge in [0.1, 0.15) is 0 Å². The van der Waals surface area contributed by atoms with Gasteiger partial charge >= 0.3 is 5.97 Å². The minimum Gasteiger partial charge on any atom is -0.478 e. The molecule has 2 fully saturated rings. The van der Waals surface area contributed by atoms with E-state index in [1.54, 1.807) is 6.07 Å². The van der Waals surface area contributed by atoms with Crippen molar-refractivity contribution >= 4 is 11.7 Å². The van der Waals surface area contributed by atoms with Gasteiger partial charge < -0.3 is 10.4 Å². The van der Waals surface area contributed by atoms with E-state index in [2.05, 4.69) is 10.2 Å². The molecule has 1 atom stereocenters. The molecule has 4 nitrogen and oxygen atoms in total. The number of hydrogen-bond donors (Lipinski definition) is 2. The summed E-state index contributed by atoms with van der Waals surface area (Å²) in [6.07, 6.45) is 3.90. The molecule has 102 valence electrons. The first-order valence-corrected chi connectivity index (χ1v) is 6.98. The number of nitrogens with zero attached hydrogens (tertiary/aromatic N) is 1. The molecule has 2 aliphatic rings. The fourth-order valence-electron chi connectivity index (χ4n) is 2.91. The number of benzene rings is 1. The Morgan fingerprint density at radius 1 is 1.37 bits per heavy atom. The molecule has 0 bridgehead atoms. The summed E-state index contributed by atoms with van der Waals surface area (Å²) in [7, 11) is 0. The van der Waals surface area contributed by atoms with Gasteiger partial charge in [-0.05, 0) is 49.9 Å². The van der Waals surface area contributed by atoms with Gasteiger partial charge in [0.25, 0.3) is 0 Å². The molecule has 2 N–H and O–H groups in total. The van der Waals surface area contributed by atoms with E-state index in [0.717, 1.165) is 23.8 Å². The topological polar surface area (TPSA) is 52.6 Å². The predicted octanol–water partition coefficient (Wildman–Crippen LogP) is 2.34. The maximum Gasteiger partial charge on any atom is 0.335 e. The second kappa shape index (κ2) is 4.85. The van der Waals surface area contributed by atoms with Crippen LogP contribution in [0, 0.1) is 6.92 Å². The highest BCUT2D eigenvalue weighted by Gasteiger charge is 2.34. The SMILES string of the molecule is Cc1cc(NC2CCN(C3CC3)C2)ccc1C(=O)O. The molecule has 0 spiro atoms. The molecular formula is C15H20N2O2. The third-order valence-electron chi connectivity index (χ3n) is 4.11. The Balaban J connectivity index is 1.63. The summed E-state index contributed by atoms with van der Waals surface area (Å²) in [5.41, 5.74) is 2.23. The fourth-order valence-corrected chi connectivity index (χ4v) is 2.91. The molecule has 4 heteroatoms. The largest absolute Gasteiger partial charge is 0.478 e. The number of carboxylic acid groups (broad SMARTS) is 1. The molecule has 1 aliphatic heterocycles. The van der Waals surface area contributed by atoms with Crippen molar-refractivity contribution in [2.24, 2.45) is 0 Å². The van der Waals surface area contributed by atoms with Gasteiger partial charge in [-0.15, -0.1) is 0 Å². The lowest BCUT2D eigenvalue weighted by atomic mass is 10.1. The standard InChI is InChI=1S/C15H20N2O2/c1-10-8-11(2-5-14(10)15(18)19)16-12-6-7-17(9-12)13-3-4-13/h2,5,8,12-13,16H,3-4,6-7,9H2,1H3,(H,18,19). The Bertz CT molecular complexity index is 497. The minimum absolute atomic E-state index is 0.386. The summed E-state index contributed by atoms with van der Waals surface area (Å²) in [6, 6.07) is 6.83. The van der Waals surface area contributed by atoms with Crippen LogP contribution in [0.2, 0.25) is 0 Å². The number of aryl methyl sites for hydroxylation is 1. The minimum atomic E-state index is -0.857. The first kappa shape index (κ1) is 12.5. The van der Waals surface area contributed by atoms with Crippen molar-refractivity contribution in [3.8, 4) is 0 Å². The van der Waals surface area contributed by atoms with Crippen LogP contribution in [0.5, 0.6) is 0 Å². The molecule has 1 saturated carbocycles. The molecule has 0 aromatic heterocycles. The number of likely N-dealkylation sites (tertiary alicyclic amines) is 1. The van der Waals surface area contributed by atoms with Crippen molar-refractivity contribution in [1.29, 1.82) is 0 Å². The smallest absolute Gasteiger partial charge is 0.335 e. The summed E-state index contributed by atoms with van der Waals surface area (Å²) in [6.45, 7) is 4.15. The molecule has 1 aliphatic carbocycles. The van der Waals surface area contributed by atoms with E-state index < -0.39 is 5.97 Å². The van der Waals surface area contributed by atoms with Crippen LogP contribution in [0.25, 0.3) is 0 Å². The summed E-state index contributed by atoms with van der Waals surface area (Å²) >= 11 is 0. The van der Waals surface area contributed by atoms with Crippen LogP contribution in [0.4, 0.5) is 5.69 Å². The zero-order valence-corrected chi connectivity index (χ0v) is 11.2. The van der Waals surface area contributed by atoms with Crippen LogP contribution in [0.3, 0.4) is 0 Å². The third-order valence-corrected chi connectivity index (χ3v) is 4.11. The number of aromatic carboxylic acids is 1. The van der Waals surface area contributed by atoms with E-state index in [4.69, 9.17) is 5.11 Å². The second-order valence-electron chi connectivity index (χ2n) is 5.69. The Labute approximate surface area is 113 Å². The van der Waals surface area contributed by atoms with E-state index in [1.165, 1.54) is 25.8 Å². The Morgan fingerprint density at radius 2 is 2.16 bits per heavy atom. The van der Waals surface area contributed by atoms with Gasteiger partial charge in [0.2, 0.25) is 0 Å². The number of rotatable bonds is 4. The van der Waals surface area contributed by atoms with Crippen molar-refractivity contribution in [2.75, 3.05) is 18.4 Å². The molecule has 3 rings (SSSR count). The van der Waals surface area contributed by atoms with Crippen molar-refractivity contribution in [3.63, 3.8) is 0 Å². The van der Waals surface area contributed by atoms with E-state index in [0.29, 0.717) is 11.6 Å². The Morgan fingerprint density at radius 3 is 2.79 bits per heavy atom. The zero-order valence-electron chi connectivity index (χ0n) is 11.2. The lowest BCUT2D eigenvalue weighted by molar-refractivity contribution is 0.0696. The summed E-state index contributed by atoms with van der Waals surface area (Å²) in [5.74, 6) is -0.857. The number of hydrogen-bond acceptors (Lipinski definition) is 3. The lowest BCUT2D eigenvalue weighted by Crippen LogP contribution is -2.27. The normalized spacial score (nSPS) is 23.5. The molecule has 1 heterocycles. The molecular weight excluding hydrogens is 240 g/mol. The molecule has 1 saturated heterocycles. The summed E-state index contributed by atoms with van der Waals surface area (Å²) in [4.78, 5) is 13.5. The number of carboxylic acids is 1. The zero-order chi connectivity index (χ0) is 13.4. The van der Waals surface area contributed by atoms with Gasteiger partial charge in [-0.3, -0.25) is 4.90 Å². The van der Waals surface area contributed by atoms with Gasteiger partial charge in [-0.2, -0.15) is 0 Å². The van der Waals surface area contributed by atoms with Crippen LogP contribution in [-0.4, -0.2) is 41.1 Å². The quantitative estimate of drug-likeness (QED) is 0.872. The van der Waals surface area contributed by atoms with E-state index in [-0.39, 0.29) is 0 Å². The van der Waals surface area contributed by atoms with Gasteiger partial charge in [-0.25, -0.2) is 4.79 Å². The highest BCUT2D eigenvalue weighted by Crippen LogP contribution is 2.30. The maximum absolute atomic E-state index is 11.0. The Hall–Kier alpha value is -1.55. The van der Waals surface area contributed by atoms with Crippen molar-refractivity contribution in [2.45, 2.75) is 38.3 Å². The number of nitrogens with one attached hydrogen (secondary N) is 1.